The van der Waals surface area contributed by atoms with E-state index in [0.717, 1.165) is 24.8 Å². The molecule has 1 amide bonds. The van der Waals surface area contributed by atoms with Gasteiger partial charge in [-0.25, -0.2) is 4.79 Å². The van der Waals surface area contributed by atoms with Crippen molar-refractivity contribution in [3.8, 4) is 11.5 Å². The monoisotopic (exact) mass is 486 g/mol. The van der Waals surface area contributed by atoms with Gasteiger partial charge in [-0.05, 0) is 49.0 Å². The van der Waals surface area contributed by atoms with E-state index in [4.69, 9.17) is 15.2 Å². The third-order valence-corrected chi connectivity index (χ3v) is 5.48. The summed E-state index contributed by atoms with van der Waals surface area (Å²) in [6.07, 6.45) is 6.14. The molecule has 1 heterocycles. The van der Waals surface area contributed by atoms with Crippen LogP contribution in [0, 0.1) is 5.92 Å². The summed E-state index contributed by atoms with van der Waals surface area (Å²) < 4.78 is 12.4. The number of ether oxygens (including phenoxy) is 2. The molecule has 0 radical (unpaired) electrons. The molecule has 0 fully saturated rings. The van der Waals surface area contributed by atoms with Crippen LogP contribution in [0.5, 0.6) is 11.5 Å². The van der Waals surface area contributed by atoms with Crippen molar-refractivity contribution < 1.29 is 14.3 Å². The zero-order valence-corrected chi connectivity index (χ0v) is 21.4. The number of amides is 1. The Hall–Kier alpha value is -3.49. The predicted molar refractivity (Wildman–Crippen MR) is 140 cm³/mol. The number of rotatable bonds is 13. The molecule has 0 saturated carbocycles. The number of aromatic nitrogens is 2. The van der Waals surface area contributed by atoms with Gasteiger partial charge in [-0.2, -0.15) is 0 Å². The number of nitrogens with zero attached hydrogens (tertiary/aromatic N) is 2. The standard InChI is InChI=1S/C26H38N4O5/c1-6-8-14-30-24(27)23(25(32)28-26(30)33)29(15-13-18(3)4)22(31)12-10-19-9-11-20(35-16-7-2)21(17-19)34-5/h9-12,17-18H,6-8,13-16,27H2,1-5H3,(H,28,32,33)/b12-10+. The molecule has 0 bridgehead atoms. The number of H-pyrrole nitrogens is 1. The summed E-state index contributed by atoms with van der Waals surface area (Å²) in [6.45, 7) is 9.30. The summed E-state index contributed by atoms with van der Waals surface area (Å²) in [5.74, 6) is 1.07. The molecule has 9 heteroatoms. The lowest BCUT2D eigenvalue weighted by Gasteiger charge is -2.24. The van der Waals surface area contributed by atoms with E-state index in [0.29, 0.717) is 37.0 Å². The molecule has 2 rings (SSSR count). The van der Waals surface area contributed by atoms with Gasteiger partial charge in [0.1, 0.15) is 5.82 Å². The van der Waals surface area contributed by atoms with Crippen LogP contribution in [0.2, 0.25) is 0 Å². The van der Waals surface area contributed by atoms with E-state index >= 15 is 0 Å². The van der Waals surface area contributed by atoms with E-state index in [1.54, 1.807) is 25.3 Å². The van der Waals surface area contributed by atoms with Crippen molar-refractivity contribution in [2.24, 2.45) is 5.92 Å². The minimum Gasteiger partial charge on any atom is -0.493 e. The summed E-state index contributed by atoms with van der Waals surface area (Å²) in [4.78, 5) is 42.1. The van der Waals surface area contributed by atoms with Crippen LogP contribution in [-0.4, -0.2) is 35.7 Å². The first-order valence-electron chi connectivity index (χ1n) is 12.2. The Bertz CT molecular complexity index is 1130. The molecular weight excluding hydrogens is 448 g/mol. The number of methoxy groups -OCH3 is 1. The van der Waals surface area contributed by atoms with Crippen molar-refractivity contribution in [1.82, 2.24) is 9.55 Å². The molecule has 1 aromatic carbocycles. The number of hydrogen-bond donors (Lipinski definition) is 2. The van der Waals surface area contributed by atoms with Crippen molar-refractivity contribution in [2.75, 3.05) is 30.9 Å². The molecule has 9 nitrogen and oxygen atoms in total. The Morgan fingerprint density at radius 1 is 1.20 bits per heavy atom. The van der Waals surface area contributed by atoms with Crippen LogP contribution >= 0.6 is 0 Å². The van der Waals surface area contributed by atoms with E-state index in [-0.39, 0.29) is 18.1 Å². The summed E-state index contributed by atoms with van der Waals surface area (Å²) >= 11 is 0. The maximum Gasteiger partial charge on any atom is 0.330 e. The Labute approximate surface area is 206 Å². The first-order valence-corrected chi connectivity index (χ1v) is 12.2. The van der Waals surface area contributed by atoms with Gasteiger partial charge in [-0.3, -0.25) is 19.1 Å². The van der Waals surface area contributed by atoms with E-state index in [9.17, 15) is 14.4 Å². The summed E-state index contributed by atoms with van der Waals surface area (Å²) in [5.41, 5.74) is 5.75. The molecule has 3 N–H and O–H groups in total. The Morgan fingerprint density at radius 2 is 1.94 bits per heavy atom. The van der Waals surface area contributed by atoms with Crippen molar-refractivity contribution in [2.45, 2.75) is 59.9 Å². The van der Waals surface area contributed by atoms with Crippen LogP contribution < -0.4 is 31.4 Å². The average molecular weight is 487 g/mol. The fourth-order valence-corrected chi connectivity index (χ4v) is 3.47. The van der Waals surface area contributed by atoms with Crippen LogP contribution in [0.4, 0.5) is 11.5 Å². The number of carbonyl (C=O) groups excluding carboxylic acids is 1. The fraction of sp³-hybridized carbons (Fsp3) is 0.500. The molecule has 2 aromatic rings. The number of hydrogen-bond acceptors (Lipinski definition) is 6. The second-order valence-corrected chi connectivity index (χ2v) is 8.76. The summed E-state index contributed by atoms with van der Waals surface area (Å²) in [5, 5.41) is 0. The number of carbonyl (C=O) groups is 1. The zero-order valence-electron chi connectivity index (χ0n) is 21.4. The SMILES string of the molecule is CCCCn1c(N)c(N(CCC(C)C)C(=O)/C=C/c2ccc(OCCC)c(OC)c2)c(=O)[nH]c1=O. The molecule has 35 heavy (non-hydrogen) atoms. The smallest absolute Gasteiger partial charge is 0.330 e. The number of nitrogens with two attached hydrogens (primary N) is 1. The summed E-state index contributed by atoms with van der Waals surface area (Å²) in [7, 11) is 1.56. The highest BCUT2D eigenvalue weighted by Crippen LogP contribution is 2.29. The highest BCUT2D eigenvalue weighted by molar-refractivity contribution is 6.05. The molecule has 0 aliphatic rings. The Kier molecular flexibility index (Phi) is 10.6. The molecule has 1 aromatic heterocycles. The average Bonchev–Trinajstić information content (AvgIpc) is 2.82. The van der Waals surface area contributed by atoms with Gasteiger partial charge in [-0.1, -0.05) is 40.2 Å². The first kappa shape index (κ1) is 27.8. The normalized spacial score (nSPS) is 11.3. The van der Waals surface area contributed by atoms with E-state index in [1.807, 2.05) is 33.8 Å². The lowest BCUT2D eigenvalue weighted by atomic mass is 10.1. The minimum absolute atomic E-state index is 0.00287. The van der Waals surface area contributed by atoms with Gasteiger partial charge < -0.3 is 20.1 Å². The van der Waals surface area contributed by atoms with Crippen LogP contribution in [0.1, 0.15) is 58.9 Å². The number of aromatic amines is 1. The lowest BCUT2D eigenvalue weighted by molar-refractivity contribution is -0.114. The van der Waals surface area contributed by atoms with Gasteiger partial charge in [0, 0.05) is 19.2 Å². The number of unbranched alkanes of at least 4 members (excludes halogenated alkanes) is 1. The third-order valence-electron chi connectivity index (χ3n) is 5.48. The van der Waals surface area contributed by atoms with E-state index in [1.165, 1.54) is 15.5 Å². The van der Waals surface area contributed by atoms with Crippen molar-refractivity contribution in [1.29, 1.82) is 0 Å². The number of nitrogens with one attached hydrogen (secondary N) is 1. The largest absolute Gasteiger partial charge is 0.493 e. The fourth-order valence-electron chi connectivity index (χ4n) is 3.47. The molecule has 0 unspecified atom stereocenters. The minimum atomic E-state index is -0.676. The predicted octanol–water partition coefficient (Wildman–Crippen LogP) is 3.81. The number of benzene rings is 1. The van der Waals surface area contributed by atoms with Crippen LogP contribution in [0.25, 0.3) is 6.08 Å². The van der Waals surface area contributed by atoms with Gasteiger partial charge in [-0.15, -0.1) is 0 Å². The molecule has 0 aliphatic carbocycles. The van der Waals surface area contributed by atoms with Crippen LogP contribution in [0.15, 0.2) is 33.9 Å². The lowest BCUT2D eigenvalue weighted by Crippen LogP contribution is -2.41. The second kappa shape index (κ2) is 13.4. The number of anilines is 2. The van der Waals surface area contributed by atoms with E-state index in [2.05, 4.69) is 4.98 Å². The van der Waals surface area contributed by atoms with E-state index < -0.39 is 17.2 Å². The molecular formula is C26H38N4O5. The quantitative estimate of drug-likeness (QED) is 0.416. The highest BCUT2D eigenvalue weighted by atomic mass is 16.5. The van der Waals surface area contributed by atoms with Crippen molar-refractivity contribution >= 4 is 23.5 Å². The van der Waals surface area contributed by atoms with Crippen LogP contribution in [0.3, 0.4) is 0 Å². The highest BCUT2D eigenvalue weighted by Gasteiger charge is 2.23. The first-order chi connectivity index (χ1) is 16.7. The molecule has 0 saturated heterocycles. The second-order valence-electron chi connectivity index (χ2n) is 8.76. The summed E-state index contributed by atoms with van der Waals surface area (Å²) in [6, 6.07) is 5.39. The van der Waals surface area contributed by atoms with Crippen LogP contribution in [-0.2, 0) is 11.3 Å². The van der Waals surface area contributed by atoms with Crippen molar-refractivity contribution in [3.05, 3.63) is 50.7 Å². The molecule has 0 spiro atoms. The molecule has 0 atom stereocenters. The van der Waals surface area contributed by atoms with Gasteiger partial charge in [0.15, 0.2) is 17.2 Å². The van der Waals surface area contributed by atoms with Gasteiger partial charge in [0.25, 0.3) is 11.5 Å². The van der Waals surface area contributed by atoms with Crippen molar-refractivity contribution in [3.63, 3.8) is 0 Å². The van der Waals surface area contributed by atoms with Gasteiger partial charge in [0.2, 0.25) is 0 Å². The Balaban J connectivity index is 2.42. The third kappa shape index (κ3) is 7.50. The maximum atomic E-state index is 13.3. The van der Waals surface area contributed by atoms with Gasteiger partial charge >= 0.3 is 5.69 Å². The topological polar surface area (TPSA) is 120 Å². The van der Waals surface area contributed by atoms with Gasteiger partial charge in [0.05, 0.1) is 13.7 Å². The molecule has 0 aliphatic heterocycles. The Morgan fingerprint density at radius 3 is 2.57 bits per heavy atom. The maximum absolute atomic E-state index is 13.3. The molecule has 192 valence electrons. The number of nitrogen functional groups attached to an aromatic ring is 1. The zero-order chi connectivity index (χ0) is 26.0.